The number of benzene rings is 2. The molecular weight excluding hydrogens is 254 g/mol. The van der Waals surface area contributed by atoms with Crippen LogP contribution in [0.3, 0.4) is 0 Å². The minimum Gasteiger partial charge on any atom is -0.335 e. The van der Waals surface area contributed by atoms with Crippen molar-refractivity contribution in [3.05, 3.63) is 66.2 Å². The van der Waals surface area contributed by atoms with Crippen LogP contribution in [0.15, 0.2) is 48.5 Å². The minimum absolute atomic E-state index is 0.275. The number of hydrogen-bond donors (Lipinski definition) is 0. The molecule has 1 spiro atoms. The summed E-state index contributed by atoms with van der Waals surface area (Å²) in [6, 6.07) is 17.7. The Morgan fingerprint density at radius 2 is 1.48 bits per heavy atom. The monoisotopic (exact) mass is 276 g/mol. The lowest BCUT2D eigenvalue weighted by atomic mass is 9.71. The Hall–Kier alpha value is -1.76. The molecule has 1 saturated carbocycles. The van der Waals surface area contributed by atoms with E-state index in [4.69, 9.17) is 0 Å². The Balaban J connectivity index is 1.83. The number of anilines is 2. The van der Waals surface area contributed by atoms with E-state index in [0.717, 1.165) is 0 Å². The Bertz CT molecular complexity index is 652. The SMILES string of the molecule is Cc1ccccc1N1[CH]C2(CCCCC2)c2ccccc21. The Labute approximate surface area is 127 Å². The first-order valence-corrected chi connectivity index (χ1v) is 8.11. The highest BCUT2D eigenvalue weighted by atomic mass is 15.2. The average molecular weight is 276 g/mol. The van der Waals surface area contributed by atoms with Gasteiger partial charge < -0.3 is 4.90 Å². The molecule has 2 aromatic carbocycles. The van der Waals surface area contributed by atoms with Crippen molar-refractivity contribution in [2.45, 2.75) is 44.4 Å². The highest BCUT2D eigenvalue weighted by Crippen LogP contribution is 2.53. The predicted molar refractivity (Wildman–Crippen MR) is 88.8 cm³/mol. The van der Waals surface area contributed by atoms with Gasteiger partial charge in [0.25, 0.3) is 0 Å². The Kier molecular flexibility index (Phi) is 3.02. The summed E-state index contributed by atoms with van der Waals surface area (Å²) in [6.07, 6.45) is 6.69. The minimum atomic E-state index is 0.275. The topological polar surface area (TPSA) is 3.24 Å². The molecule has 2 aliphatic rings. The number of para-hydroxylation sites is 2. The van der Waals surface area contributed by atoms with Gasteiger partial charge in [-0.15, -0.1) is 0 Å². The fourth-order valence-electron chi connectivity index (χ4n) is 4.11. The van der Waals surface area contributed by atoms with Gasteiger partial charge in [0, 0.05) is 16.8 Å². The van der Waals surface area contributed by atoms with Crippen molar-refractivity contribution in [3.8, 4) is 0 Å². The predicted octanol–water partition coefficient (Wildman–Crippen LogP) is 5.51. The maximum absolute atomic E-state index is 2.51. The lowest BCUT2D eigenvalue weighted by Gasteiger charge is -2.34. The van der Waals surface area contributed by atoms with E-state index in [1.54, 1.807) is 0 Å². The van der Waals surface area contributed by atoms with Gasteiger partial charge in [-0.2, -0.15) is 0 Å². The van der Waals surface area contributed by atoms with Crippen molar-refractivity contribution in [3.63, 3.8) is 0 Å². The molecular formula is C20H22N. The first-order chi connectivity index (χ1) is 10.3. The van der Waals surface area contributed by atoms with E-state index < -0.39 is 0 Å². The summed E-state index contributed by atoms with van der Waals surface area (Å²) in [5, 5.41) is 0. The summed E-state index contributed by atoms with van der Waals surface area (Å²) in [6.45, 7) is 4.72. The van der Waals surface area contributed by atoms with E-state index in [9.17, 15) is 0 Å². The standard InChI is InChI=1S/C20H22N/c1-16-9-3-5-11-18(16)21-15-20(13-7-2-8-14-20)17-10-4-6-12-19(17)21/h3-6,9-12,15H,2,7-8,13-14H2,1H3. The van der Waals surface area contributed by atoms with Crippen LogP contribution < -0.4 is 4.90 Å². The van der Waals surface area contributed by atoms with Crippen molar-refractivity contribution in [1.29, 1.82) is 0 Å². The van der Waals surface area contributed by atoms with Gasteiger partial charge in [0.05, 0.1) is 6.54 Å². The van der Waals surface area contributed by atoms with E-state index in [-0.39, 0.29) is 5.41 Å². The zero-order valence-electron chi connectivity index (χ0n) is 12.7. The van der Waals surface area contributed by atoms with Crippen LogP contribution in [-0.2, 0) is 5.41 Å². The lowest BCUT2D eigenvalue weighted by molar-refractivity contribution is 0.343. The molecule has 0 aromatic heterocycles. The second-order valence-corrected chi connectivity index (χ2v) is 6.52. The number of rotatable bonds is 1. The normalized spacial score (nSPS) is 19.8. The largest absolute Gasteiger partial charge is 0.335 e. The smallest absolute Gasteiger partial charge is 0.0656 e. The van der Waals surface area contributed by atoms with Crippen LogP contribution in [0.2, 0.25) is 0 Å². The molecule has 0 amide bonds. The number of fused-ring (bicyclic) bond motifs is 2. The van der Waals surface area contributed by atoms with Gasteiger partial charge in [0.2, 0.25) is 0 Å². The van der Waals surface area contributed by atoms with E-state index in [1.807, 2.05) is 0 Å². The highest BCUT2D eigenvalue weighted by Gasteiger charge is 2.44. The van der Waals surface area contributed by atoms with Gasteiger partial charge in [-0.25, -0.2) is 0 Å². The lowest BCUT2D eigenvalue weighted by Crippen LogP contribution is -2.29. The second-order valence-electron chi connectivity index (χ2n) is 6.52. The van der Waals surface area contributed by atoms with E-state index >= 15 is 0 Å². The molecule has 21 heavy (non-hydrogen) atoms. The molecule has 1 fully saturated rings. The van der Waals surface area contributed by atoms with E-state index in [2.05, 4.69) is 66.9 Å². The van der Waals surface area contributed by atoms with Gasteiger partial charge in [-0.1, -0.05) is 55.7 Å². The van der Waals surface area contributed by atoms with Crippen LogP contribution in [0.25, 0.3) is 0 Å². The third kappa shape index (κ3) is 1.98. The summed E-state index contributed by atoms with van der Waals surface area (Å²) >= 11 is 0. The van der Waals surface area contributed by atoms with Crippen molar-refractivity contribution >= 4 is 11.4 Å². The molecule has 1 aliphatic heterocycles. The fourth-order valence-corrected chi connectivity index (χ4v) is 4.11. The van der Waals surface area contributed by atoms with Crippen molar-refractivity contribution in [1.82, 2.24) is 0 Å². The van der Waals surface area contributed by atoms with Crippen molar-refractivity contribution in [2.75, 3.05) is 4.90 Å². The molecule has 4 rings (SSSR count). The summed E-state index contributed by atoms with van der Waals surface area (Å²) in [7, 11) is 0. The molecule has 2 aromatic rings. The first kappa shape index (κ1) is 12.9. The molecule has 1 nitrogen and oxygen atoms in total. The zero-order chi connectivity index (χ0) is 14.3. The van der Waals surface area contributed by atoms with Gasteiger partial charge in [0.15, 0.2) is 0 Å². The van der Waals surface area contributed by atoms with Crippen LogP contribution >= 0.6 is 0 Å². The number of hydrogen-bond acceptors (Lipinski definition) is 1. The first-order valence-electron chi connectivity index (χ1n) is 8.11. The molecule has 1 heteroatoms. The molecule has 1 heterocycles. The van der Waals surface area contributed by atoms with Crippen molar-refractivity contribution in [2.24, 2.45) is 0 Å². The zero-order valence-corrected chi connectivity index (χ0v) is 12.7. The average Bonchev–Trinajstić information content (AvgIpc) is 2.84. The van der Waals surface area contributed by atoms with Crippen LogP contribution in [0, 0.1) is 13.5 Å². The molecule has 0 bridgehead atoms. The van der Waals surface area contributed by atoms with Gasteiger partial charge in [-0.05, 0) is 43.0 Å². The van der Waals surface area contributed by atoms with Crippen LogP contribution in [-0.4, -0.2) is 0 Å². The third-order valence-corrected chi connectivity index (χ3v) is 5.20. The van der Waals surface area contributed by atoms with Gasteiger partial charge in [0.1, 0.15) is 0 Å². The van der Waals surface area contributed by atoms with E-state index in [1.165, 1.54) is 54.6 Å². The maximum atomic E-state index is 2.51. The molecule has 0 N–H and O–H groups in total. The van der Waals surface area contributed by atoms with Crippen LogP contribution in [0.5, 0.6) is 0 Å². The summed E-state index contributed by atoms with van der Waals surface area (Å²) in [5.74, 6) is 0. The number of nitrogens with zero attached hydrogens (tertiary/aromatic N) is 1. The highest BCUT2D eigenvalue weighted by molar-refractivity contribution is 5.77. The Morgan fingerprint density at radius 1 is 0.810 bits per heavy atom. The Morgan fingerprint density at radius 3 is 2.24 bits per heavy atom. The van der Waals surface area contributed by atoms with Crippen LogP contribution in [0.4, 0.5) is 11.4 Å². The summed E-state index contributed by atoms with van der Waals surface area (Å²) in [4.78, 5) is 2.44. The molecule has 1 radical (unpaired) electrons. The fraction of sp³-hybridized carbons (Fsp3) is 0.350. The second kappa shape index (κ2) is 4.91. The van der Waals surface area contributed by atoms with Gasteiger partial charge in [-0.3, -0.25) is 0 Å². The van der Waals surface area contributed by atoms with Crippen molar-refractivity contribution < 1.29 is 0 Å². The quantitative estimate of drug-likeness (QED) is 0.663. The molecule has 0 atom stereocenters. The summed E-state index contributed by atoms with van der Waals surface area (Å²) < 4.78 is 0. The summed E-state index contributed by atoms with van der Waals surface area (Å²) in [5.41, 5.74) is 5.86. The van der Waals surface area contributed by atoms with Crippen LogP contribution in [0.1, 0.15) is 43.2 Å². The van der Waals surface area contributed by atoms with Gasteiger partial charge >= 0.3 is 0 Å². The van der Waals surface area contributed by atoms with E-state index in [0.29, 0.717) is 0 Å². The molecule has 0 unspecified atom stereocenters. The molecule has 0 saturated heterocycles. The third-order valence-electron chi connectivity index (χ3n) is 5.20. The molecule has 1 aliphatic carbocycles. The molecule has 107 valence electrons. The number of aryl methyl sites for hydroxylation is 1. The maximum Gasteiger partial charge on any atom is 0.0656 e.